The molecule has 2 aromatic rings. The number of carbonyl (C=O) groups excluding carboxylic acids is 2. The Labute approximate surface area is 139 Å². The number of thiazole rings is 1. The highest BCUT2D eigenvalue weighted by Gasteiger charge is 2.16. The van der Waals surface area contributed by atoms with Gasteiger partial charge in [-0.15, -0.1) is 11.3 Å². The second kappa shape index (κ2) is 6.87. The van der Waals surface area contributed by atoms with Gasteiger partial charge in [0.25, 0.3) is 0 Å². The van der Waals surface area contributed by atoms with Gasteiger partial charge in [-0.2, -0.15) is 5.10 Å². The predicted molar refractivity (Wildman–Crippen MR) is 91.9 cm³/mol. The maximum Gasteiger partial charge on any atom is 0.225 e. The number of ketones is 1. The van der Waals surface area contributed by atoms with Crippen LogP contribution in [0.3, 0.4) is 0 Å². The van der Waals surface area contributed by atoms with Gasteiger partial charge in [-0.25, -0.2) is 4.98 Å². The Balaban J connectivity index is 2.19. The minimum Gasteiger partial charge on any atom is -0.289 e. The van der Waals surface area contributed by atoms with Crippen LogP contribution in [-0.4, -0.2) is 33.0 Å². The second-order valence-corrected chi connectivity index (χ2v) is 6.02. The van der Waals surface area contributed by atoms with E-state index in [4.69, 9.17) is 0 Å². The lowest BCUT2D eigenvalue weighted by atomic mass is 10.1. The summed E-state index contributed by atoms with van der Waals surface area (Å²) in [7, 11) is 1.82. The Bertz CT molecular complexity index is 773. The van der Waals surface area contributed by atoms with Crippen LogP contribution in [0.25, 0.3) is 6.08 Å². The summed E-state index contributed by atoms with van der Waals surface area (Å²) in [6, 6.07) is 0. The van der Waals surface area contributed by atoms with Crippen LogP contribution in [0.15, 0.2) is 11.5 Å². The smallest absolute Gasteiger partial charge is 0.225 e. The van der Waals surface area contributed by atoms with E-state index in [-0.39, 0.29) is 11.7 Å². The third-order valence-electron chi connectivity index (χ3n) is 3.60. The van der Waals surface area contributed by atoms with Gasteiger partial charge in [0.05, 0.1) is 17.0 Å². The van der Waals surface area contributed by atoms with E-state index in [1.807, 2.05) is 33.2 Å². The number of allylic oxidation sites excluding steroid dienone is 1. The van der Waals surface area contributed by atoms with Gasteiger partial charge in [-0.05, 0) is 32.9 Å². The summed E-state index contributed by atoms with van der Waals surface area (Å²) in [5.74, 6) is -0.142. The fourth-order valence-electron chi connectivity index (χ4n) is 2.34. The van der Waals surface area contributed by atoms with Gasteiger partial charge in [-0.1, -0.05) is 0 Å². The quantitative estimate of drug-likeness (QED) is 0.624. The van der Waals surface area contributed by atoms with E-state index < -0.39 is 0 Å². The molecule has 0 atom stereocenters. The van der Waals surface area contributed by atoms with Crippen molar-refractivity contribution in [1.29, 1.82) is 0 Å². The van der Waals surface area contributed by atoms with Gasteiger partial charge >= 0.3 is 0 Å². The van der Waals surface area contributed by atoms with E-state index in [0.29, 0.717) is 28.6 Å². The number of carbonyl (C=O) groups is 2. The van der Waals surface area contributed by atoms with Crippen molar-refractivity contribution in [2.45, 2.75) is 27.7 Å². The molecule has 0 aliphatic rings. The molecular formula is C16H20N4O2S. The summed E-state index contributed by atoms with van der Waals surface area (Å²) in [5.41, 5.74) is 2.84. The Morgan fingerprint density at radius 2 is 2.09 bits per heavy atom. The molecule has 0 spiro atoms. The SMILES string of the molecule is CCN(C(C)=O)c1nc(/C=C/C(=O)c2c(C)nn(C)c2C)cs1. The Morgan fingerprint density at radius 1 is 1.39 bits per heavy atom. The Kier molecular flexibility index (Phi) is 5.10. The first-order valence-corrected chi connectivity index (χ1v) is 8.19. The van der Waals surface area contributed by atoms with Gasteiger partial charge in [-0.3, -0.25) is 19.2 Å². The number of rotatable bonds is 5. The van der Waals surface area contributed by atoms with Crippen LogP contribution in [0.4, 0.5) is 5.13 Å². The molecule has 7 heteroatoms. The molecule has 122 valence electrons. The molecule has 0 aromatic carbocycles. The highest BCUT2D eigenvalue weighted by atomic mass is 32.1. The van der Waals surface area contributed by atoms with Crippen molar-refractivity contribution in [2.75, 3.05) is 11.4 Å². The number of aryl methyl sites for hydroxylation is 2. The van der Waals surface area contributed by atoms with Crippen molar-refractivity contribution in [3.8, 4) is 0 Å². The molecule has 2 rings (SSSR count). The molecule has 0 unspecified atom stereocenters. The molecule has 0 radical (unpaired) electrons. The van der Waals surface area contributed by atoms with Crippen molar-refractivity contribution in [1.82, 2.24) is 14.8 Å². The Morgan fingerprint density at radius 3 is 2.61 bits per heavy atom. The third kappa shape index (κ3) is 3.56. The minimum absolute atomic E-state index is 0.0462. The molecule has 2 heterocycles. The summed E-state index contributed by atoms with van der Waals surface area (Å²) in [6.07, 6.45) is 3.17. The lowest BCUT2D eigenvalue weighted by Gasteiger charge is -2.14. The average Bonchev–Trinajstić information content (AvgIpc) is 3.03. The van der Waals surface area contributed by atoms with Gasteiger partial charge in [0.1, 0.15) is 0 Å². The molecule has 0 saturated carbocycles. The van der Waals surface area contributed by atoms with Crippen molar-refractivity contribution < 1.29 is 9.59 Å². The maximum atomic E-state index is 12.3. The molecule has 6 nitrogen and oxygen atoms in total. The molecule has 2 aromatic heterocycles. The summed E-state index contributed by atoms with van der Waals surface area (Å²) < 4.78 is 1.70. The van der Waals surface area contributed by atoms with E-state index in [1.165, 1.54) is 24.3 Å². The standard InChI is InChI=1S/C16H20N4O2S/c1-6-20(12(4)21)16-17-13(9-23-16)7-8-14(22)15-10(2)18-19(5)11(15)3/h7-9H,6H2,1-5H3/b8-7+. The van der Waals surface area contributed by atoms with Crippen molar-refractivity contribution >= 4 is 34.2 Å². The number of nitrogens with zero attached hydrogens (tertiary/aromatic N) is 4. The number of hydrogen-bond donors (Lipinski definition) is 0. The molecule has 0 saturated heterocycles. The second-order valence-electron chi connectivity index (χ2n) is 5.19. The van der Waals surface area contributed by atoms with E-state index in [9.17, 15) is 9.59 Å². The molecule has 0 aliphatic heterocycles. The minimum atomic E-state index is -0.0958. The predicted octanol–water partition coefficient (Wildman–Crippen LogP) is 2.76. The fraction of sp³-hybridized carbons (Fsp3) is 0.375. The van der Waals surface area contributed by atoms with Crippen LogP contribution < -0.4 is 4.90 Å². The summed E-state index contributed by atoms with van der Waals surface area (Å²) in [6.45, 7) is 7.67. The number of hydrogen-bond acceptors (Lipinski definition) is 5. The zero-order chi connectivity index (χ0) is 17.1. The molecular weight excluding hydrogens is 312 g/mol. The highest BCUT2D eigenvalue weighted by Crippen LogP contribution is 2.22. The molecule has 23 heavy (non-hydrogen) atoms. The van der Waals surface area contributed by atoms with Crippen LogP contribution in [0.2, 0.25) is 0 Å². The third-order valence-corrected chi connectivity index (χ3v) is 4.48. The van der Waals surface area contributed by atoms with Crippen LogP contribution in [-0.2, 0) is 11.8 Å². The first-order valence-electron chi connectivity index (χ1n) is 7.31. The molecule has 0 bridgehead atoms. The zero-order valence-electron chi connectivity index (χ0n) is 14.0. The lowest BCUT2D eigenvalue weighted by Crippen LogP contribution is -2.27. The van der Waals surface area contributed by atoms with Crippen LogP contribution in [0.1, 0.15) is 41.3 Å². The van der Waals surface area contributed by atoms with Gasteiger partial charge < -0.3 is 0 Å². The highest BCUT2D eigenvalue weighted by molar-refractivity contribution is 7.14. The van der Waals surface area contributed by atoms with Crippen LogP contribution >= 0.6 is 11.3 Å². The molecule has 0 N–H and O–H groups in total. The van der Waals surface area contributed by atoms with Crippen LogP contribution in [0.5, 0.6) is 0 Å². The summed E-state index contributed by atoms with van der Waals surface area (Å²) >= 11 is 1.38. The largest absolute Gasteiger partial charge is 0.289 e. The summed E-state index contributed by atoms with van der Waals surface area (Å²) in [5, 5.41) is 6.72. The van der Waals surface area contributed by atoms with E-state index in [0.717, 1.165) is 5.69 Å². The number of aromatic nitrogens is 3. The maximum absolute atomic E-state index is 12.3. The van der Waals surface area contributed by atoms with Crippen molar-refractivity contribution in [3.63, 3.8) is 0 Å². The molecule has 1 amide bonds. The van der Waals surface area contributed by atoms with Gasteiger partial charge in [0, 0.05) is 31.6 Å². The monoisotopic (exact) mass is 332 g/mol. The first-order chi connectivity index (χ1) is 10.8. The summed E-state index contributed by atoms with van der Waals surface area (Å²) in [4.78, 5) is 29.9. The zero-order valence-corrected chi connectivity index (χ0v) is 14.8. The van der Waals surface area contributed by atoms with E-state index in [1.54, 1.807) is 15.7 Å². The number of anilines is 1. The number of amides is 1. The normalized spacial score (nSPS) is 11.2. The van der Waals surface area contributed by atoms with Crippen molar-refractivity contribution in [3.05, 3.63) is 34.1 Å². The van der Waals surface area contributed by atoms with Gasteiger partial charge in [0.15, 0.2) is 10.9 Å². The first kappa shape index (κ1) is 17.1. The topological polar surface area (TPSA) is 68.1 Å². The van der Waals surface area contributed by atoms with E-state index >= 15 is 0 Å². The molecule has 0 fully saturated rings. The van der Waals surface area contributed by atoms with Crippen molar-refractivity contribution in [2.24, 2.45) is 7.05 Å². The lowest BCUT2D eigenvalue weighted by molar-refractivity contribution is -0.116. The fourth-order valence-corrected chi connectivity index (χ4v) is 3.24. The van der Waals surface area contributed by atoms with E-state index in [2.05, 4.69) is 10.1 Å². The van der Waals surface area contributed by atoms with Gasteiger partial charge in [0.2, 0.25) is 5.91 Å². The van der Waals surface area contributed by atoms with Crippen LogP contribution in [0, 0.1) is 13.8 Å². The average molecular weight is 332 g/mol. The Hall–Kier alpha value is -2.28. The molecule has 0 aliphatic carbocycles.